The molecule has 0 spiro atoms. The van der Waals surface area contributed by atoms with E-state index < -0.39 is 0 Å². The molecule has 0 atom stereocenters. The van der Waals surface area contributed by atoms with E-state index in [-0.39, 0.29) is 0 Å². The van der Waals surface area contributed by atoms with Crippen molar-refractivity contribution in [1.82, 2.24) is 9.97 Å². The van der Waals surface area contributed by atoms with Crippen LogP contribution in [0.1, 0.15) is 5.69 Å². The molecular formula is C15H18N2O4. The first-order valence-corrected chi connectivity index (χ1v) is 6.33. The maximum absolute atomic E-state index is 5.35. The van der Waals surface area contributed by atoms with E-state index in [4.69, 9.17) is 18.9 Å². The summed E-state index contributed by atoms with van der Waals surface area (Å²) in [7, 11) is 6.36. The lowest BCUT2D eigenvalue weighted by atomic mass is 10.1. The Balaban J connectivity index is 2.50. The van der Waals surface area contributed by atoms with Gasteiger partial charge in [-0.1, -0.05) is 0 Å². The molecule has 1 heterocycles. The number of nitrogens with zero attached hydrogens (tertiary/aromatic N) is 2. The average molecular weight is 290 g/mol. The maximum atomic E-state index is 5.35. The molecule has 6 nitrogen and oxygen atoms in total. The van der Waals surface area contributed by atoms with Crippen LogP contribution in [0, 0.1) is 0 Å². The molecule has 0 fully saturated rings. The van der Waals surface area contributed by atoms with Crippen LogP contribution in [0.2, 0.25) is 0 Å². The highest BCUT2D eigenvalue weighted by Gasteiger charge is 2.15. The van der Waals surface area contributed by atoms with Gasteiger partial charge in [-0.15, -0.1) is 0 Å². The fourth-order valence-corrected chi connectivity index (χ4v) is 2.01. The van der Waals surface area contributed by atoms with Crippen molar-refractivity contribution in [2.24, 2.45) is 0 Å². The average Bonchev–Trinajstić information content (AvgIpc) is 2.54. The van der Waals surface area contributed by atoms with Gasteiger partial charge in [0.05, 0.1) is 39.3 Å². The number of hydrogen-bond acceptors (Lipinski definition) is 6. The molecule has 0 aliphatic carbocycles. The van der Waals surface area contributed by atoms with E-state index in [9.17, 15) is 0 Å². The Bertz CT molecular complexity index is 591. The highest BCUT2D eigenvalue weighted by molar-refractivity contribution is 5.68. The van der Waals surface area contributed by atoms with Crippen LogP contribution in [0.5, 0.6) is 17.2 Å². The van der Waals surface area contributed by atoms with Crippen molar-refractivity contribution in [3.8, 4) is 28.5 Å². The quantitative estimate of drug-likeness (QED) is 0.813. The van der Waals surface area contributed by atoms with Crippen LogP contribution in [0.25, 0.3) is 11.3 Å². The first-order valence-electron chi connectivity index (χ1n) is 6.33. The predicted molar refractivity (Wildman–Crippen MR) is 77.8 cm³/mol. The summed E-state index contributed by atoms with van der Waals surface area (Å²) in [5.41, 5.74) is 2.41. The van der Waals surface area contributed by atoms with Crippen LogP contribution in [0.3, 0.4) is 0 Å². The van der Waals surface area contributed by atoms with Crippen molar-refractivity contribution in [3.05, 3.63) is 30.2 Å². The summed E-state index contributed by atoms with van der Waals surface area (Å²) in [6.45, 7) is 0.431. The first-order chi connectivity index (χ1) is 10.2. The van der Waals surface area contributed by atoms with Gasteiger partial charge in [0.1, 0.15) is 6.33 Å². The summed E-state index contributed by atoms with van der Waals surface area (Å²) in [6, 6.07) is 5.56. The van der Waals surface area contributed by atoms with E-state index in [1.54, 1.807) is 28.4 Å². The van der Waals surface area contributed by atoms with Gasteiger partial charge in [-0.2, -0.15) is 0 Å². The summed E-state index contributed by atoms with van der Waals surface area (Å²) in [4.78, 5) is 8.43. The second-order valence-corrected chi connectivity index (χ2v) is 4.24. The number of methoxy groups -OCH3 is 4. The molecule has 0 amide bonds. The van der Waals surface area contributed by atoms with Crippen molar-refractivity contribution < 1.29 is 18.9 Å². The van der Waals surface area contributed by atoms with Crippen molar-refractivity contribution in [3.63, 3.8) is 0 Å². The van der Waals surface area contributed by atoms with E-state index >= 15 is 0 Å². The Labute approximate surface area is 123 Å². The third-order valence-corrected chi connectivity index (χ3v) is 2.98. The van der Waals surface area contributed by atoms with Gasteiger partial charge in [0.25, 0.3) is 0 Å². The SMILES string of the molecule is COCc1cc(-c2cc(OC)c(OC)c(OC)c2)ncn1. The van der Waals surface area contributed by atoms with Gasteiger partial charge in [0, 0.05) is 12.7 Å². The molecular weight excluding hydrogens is 272 g/mol. The first kappa shape index (κ1) is 15.1. The number of benzene rings is 1. The Hall–Kier alpha value is -2.34. The third-order valence-electron chi connectivity index (χ3n) is 2.98. The van der Waals surface area contributed by atoms with Crippen molar-refractivity contribution in [2.45, 2.75) is 6.61 Å². The molecule has 112 valence electrons. The van der Waals surface area contributed by atoms with Crippen molar-refractivity contribution >= 4 is 0 Å². The minimum atomic E-state index is 0.431. The van der Waals surface area contributed by atoms with Gasteiger partial charge in [-0.3, -0.25) is 0 Å². The zero-order valence-electron chi connectivity index (χ0n) is 12.5. The molecule has 0 unspecified atom stereocenters. The van der Waals surface area contributed by atoms with Crippen LogP contribution >= 0.6 is 0 Å². The topological polar surface area (TPSA) is 62.7 Å². The molecule has 0 aliphatic rings. The number of hydrogen-bond donors (Lipinski definition) is 0. The summed E-state index contributed by atoms with van der Waals surface area (Å²) < 4.78 is 21.1. The lowest BCUT2D eigenvalue weighted by Crippen LogP contribution is -1.98. The van der Waals surface area contributed by atoms with Crippen LogP contribution < -0.4 is 14.2 Å². The van der Waals surface area contributed by atoms with Crippen molar-refractivity contribution in [2.75, 3.05) is 28.4 Å². The minimum absolute atomic E-state index is 0.431. The fourth-order valence-electron chi connectivity index (χ4n) is 2.01. The van der Waals surface area contributed by atoms with Crippen LogP contribution in [-0.2, 0) is 11.3 Å². The lowest BCUT2D eigenvalue weighted by molar-refractivity contribution is 0.181. The molecule has 21 heavy (non-hydrogen) atoms. The fraction of sp³-hybridized carbons (Fsp3) is 0.333. The molecule has 0 bridgehead atoms. The molecule has 1 aromatic carbocycles. The number of rotatable bonds is 6. The minimum Gasteiger partial charge on any atom is -0.493 e. The number of aromatic nitrogens is 2. The Morgan fingerprint density at radius 3 is 2.05 bits per heavy atom. The largest absolute Gasteiger partial charge is 0.493 e. The van der Waals surface area contributed by atoms with Crippen LogP contribution in [-0.4, -0.2) is 38.4 Å². The highest BCUT2D eigenvalue weighted by Crippen LogP contribution is 2.40. The Morgan fingerprint density at radius 1 is 0.857 bits per heavy atom. The Kier molecular flexibility index (Phi) is 4.94. The molecule has 0 N–H and O–H groups in total. The molecule has 2 rings (SSSR count). The molecule has 2 aromatic rings. The van der Waals surface area contributed by atoms with Gasteiger partial charge in [-0.25, -0.2) is 9.97 Å². The smallest absolute Gasteiger partial charge is 0.203 e. The standard InChI is InChI=1S/C15H18N2O4/c1-18-8-11-7-12(17-9-16-11)10-5-13(19-2)15(21-4)14(6-10)20-3/h5-7,9H,8H2,1-4H3. The summed E-state index contributed by atoms with van der Waals surface area (Å²) in [5, 5.41) is 0. The van der Waals surface area contributed by atoms with Gasteiger partial charge < -0.3 is 18.9 Å². The molecule has 6 heteroatoms. The van der Waals surface area contributed by atoms with E-state index in [0.29, 0.717) is 23.9 Å². The zero-order chi connectivity index (χ0) is 15.2. The normalized spacial score (nSPS) is 10.3. The van der Waals surface area contributed by atoms with E-state index in [2.05, 4.69) is 9.97 Å². The second kappa shape index (κ2) is 6.90. The molecule has 0 radical (unpaired) electrons. The van der Waals surface area contributed by atoms with Gasteiger partial charge >= 0.3 is 0 Å². The Morgan fingerprint density at radius 2 is 1.52 bits per heavy atom. The van der Waals surface area contributed by atoms with Gasteiger partial charge in [0.15, 0.2) is 11.5 Å². The monoisotopic (exact) mass is 290 g/mol. The van der Waals surface area contributed by atoms with Gasteiger partial charge in [-0.05, 0) is 18.2 Å². The van der Waals surface area contributed by atoms with Crippen molar-refractivity contribution in [1.29, 1.82) is 0 Å². The highest BCUT2D eigenvalue weighted by atomic mass is 16.5. The molecule has 0 saturated carbocycles. The van der Waals surface area contributed by atoms with Crippen LogP contribution in [0.4, 0.5) is 0 Å². The number of ether oxygens (including phenoxy) is 4. The summed E-state index contributed by atoms with van der Waals surface area (Å²) in [5.74, 6) is 1.72. The summed E-state index contributed by atoms with van der Waals surface area (Å²) in [6.07, 6.45) is 1.51. The van der Waals surface area contributed by atoms with E-state index in [1.807, 2.05) is 18.2 Å². The van der Waals surface area contributed by atoms with E-state index in [1.165, 1.54) is 6.33 Å². The zero-order valence-corrected chi connectivity index (χ0v) is 12.5. The molecule has 0 aliphatic heterocycles. The maximum Gasteiger partial charge on any atom is 0.203 e. The molecule has 0 saturated heterocycles. The second-order valence-electron chi connectivity index (χ2n) is 4.24. The summed E-state index contributed by atoms with van der Waals surface area (Å²) >= 11 is 0. The third kappa shape index (κ3) is 3.22. The van der Waals surface area contributed by atoms with Crippen LogP contribution in [0.15, 0.2) is 24.5 Å². The predicted octanol–water partition coefficient (Wildman–Crippen LogP) is 2.32. The molecule has 1 aromatic heterocycles. The van der Waals surface area contributed by atoms with E-state index in [0.717, 1.165) is 17.0 Å². The lowest BCUT2D eigenvalue weighted by Gasteiger charge is -2.14. The van der Waals surface area contributed by atoms with Gasteiger partial charge in [0.2, 0.25) is 5.75 Å².